The third kappa shape index (κ3) is 6.25. The number of aromatic nitrogens is 2. The standard InChI is InChI=1S/C20H17Cl2N3O3S/c1-12(19(27)24-17-9-13(21)7-8-16(17)22)29-20-23-14(10-18(26)25-20)11-28-15-5-3-2-4-6-15/h2-10,12H,11H2,1H3,(H,24,27)(H,23,25,26). The molecule has 1 unspecified atom stereocenters. The van der Waals surface area contributed by atoms with Crippen molar-refractivity contribution >= 4 is 46.6 Å². The van der Waals surface area contributed by atoms with E-state index < -0.39 is 5.25 Å². The van der Waals surface area contributed by atoms with Crippen LogP contribution in [0.3, 0.4) is 0 Å². The lowest BCUT2D eigenvalue weighted by atomic mass is 10.3. The van der Waals surface area contributed by atoms with Gasteiger partial charge in [0.15, 0.2) is 5.16 Å². The average Bonchev–Trinajstić information content (AvgIpc) is 2.69. The van der Waals surface area contributed by atoms with Gasteiger partial charge in [-0.05, 0) is 37.3 Å². The molecule has 3 rings (SSSR count). The average molecular weight is 450 g/mol. The zero-order valence-electron chi connectivity index (χ0n) is 15.3. The van der Waals surface area contributed by atoms with Crippen molar-refractivity contribution in [3.63, 3.8) is 0 Å². The number of nitrogens with zero attached hydrogens (tertiary/aromatic N) is 1. The molecule has 29 heavy (non-hydrogen) atoms. The van der Waals surface area contributed by atoms with Crippen molar-refractivity contribution in [2.75, 3.05) is 5.32 Å². The molecule has 0 aliphatic rings. The molecular weight excluding hydrogens is 433 g/mol. The Balaban J connectivity index is 1.65. The number of carbonyl (C=O) groups excluding carboxylic acids is 1. The third-order valence-electron chi connectivity index (χ3n) is 3.75. The Morgan fingerprint density at radius 3 is 2.72 bits per heavy atom. The number of ether oxygens (including phenoxy) is 1. The van der Waals surface area contributed by atoms with E-state index >= 15 is 0 Å². The Bertz CT molecular complexity index is 1060. The number of nitrogens with one attached hydrogen (secondary N) is 2. The molecule has 0 saturated carbocycles. The minimum atomic E-state index is -0.543. The van der Waals surface area contributed by atoms with Crippen molar-refractivity contribution in [2.45, 2.75) is 23.9 Å². The maximum atomic E-state index is 12.5. The fourth-order valence-corrected chi connectivity index (χ4v) is 3.50. The molecule has 2 aromatic carbocycles. The summed E-state index contributed by atoms with van der Waals surface area (Å²) in [6.07, 6.45) is 0. The molecule has 0 bridgehead atoms. The van der Waals surface area contributed by atoms with E-state index in [1.165, 1.54) is 6.07 Å². The summed E-state index contributed by atoms with van der Waals surface area (Å²) in [5.74, 6) is 0.377. The lowest BCUT2D eigenvalue weighted by molar-refractivity contribution is -0.115. The molecular formula is C20H17Cl2N3O3S. The van der Waals surface area contributed by atoms with Gasteiger partial charge < -0.3 is 15.0 Å². The Morgan fingerprint density at radius 2 is 1.97 bits per heavy atom. The van der Waals surface area contributed by atoms with Crippen LogP contribution in [0.2, 0.25) is 10.0 Å². The maximum Gasteiger partial charge on any atom is 0.251 e. The van der Waals surface area contributed by atoms with E-state index in [2.05, 4.69) is 15.3 Å². The van der Waals surface area contributed by atoms with E-state index in [1.54, 1.807) is 25.1 Å². The first-order chi connectivity index (χ1) is 13.9. The summed E-state index contributed by atoms with van der Waals surface area (Å²) in [4.78, 5) is 31.4. The smallest absolute Gasteiger partial charge is 0.251 e. The van der Waals surface area contributed by atoms with Gasteiger partial charge in [-0.3, -0.25) is 9.59 Å². The molecule has 0 aliphatic carbocycles. The number of halogens is 2. The molecule has 1 atom stereocenters. The highest BCUT2D eigenvalue weighted by Crippen LogP contribution is 2.27. The van der Waals surface area contributed by atoms with E-state index in [4.69, 9.17) is 27.9 Å². The van der Waals surface area contributed by atoms with Gasteiger partial charge >= 0.3 is 0 Å². The summed E-state index contributed by atoms with van der Waals surface area (Å²) in [5, 5.41) is 3.35. The van der Waals surface area contributed by atoms with Crippen molar-refractivity contribution in [2.24, 2.45) is 0 Å². The molecule has 1 heterocycles. The van der Waals surface area contributed by atoms with Crippen LogP contribution in [0.1, 0.15) is 12.6 Å². The quantitative estimate of drug-likeness (QED) is 0.400. The topological polar surface area (TPSA) is 84.1 Å². The molecule has 0 saturated heterocycles. The molecule has 2 N–H and O–H groups in total. The highest BCUT2D eigenvalue weighted by Gasteiger charge is 2.18. The van der Waals surface area contributed by atoms with E-state index in [9.17, 15) is 9.59 Å². The molecule has 3 aromatic rings. The zero-order chi connectivity index (χ0) is 20.8. The van der Waals surface area contributed by atoms with Gasteiger partial charge in [-0.1, -0.05) is 53.2 Å². The van der Waals surface area contributed by atoms with Crippen LogP contribution >= 0.6 is 35.0 Å². The number of anilines is 1. The summed E-state index contributed by atoms with van der Waals surface area (Å²) in [6, 6.07) is 15.4. The van der Waals surface area contributed by atoms with Gasteiger partial charge in [0.25, 0.3) is 5.56 Å². The Hall–Kier alpha value is -2.48. The summed E-state index contributed by atoms with van der Waals surface area (Å²) in [5.41, 5.74) is 0.563. The summed E-state index contributed by atoms with van der Waals surface area (Å²) >= 11 is 13.1. The van der Waals surface area contributed by atoms with Crippen LogP contribution < -0.4 is 15.6 Å². The summed E-state index contributed by atoms with van der Waals surface area (Å²) in [7, 11) is 0. The van der Waals surface area contributed by atoms with Crippen LogP contribution in [0.15, 0.2) is 64.5 Å². The fraction of sp³-hybridized carbons (Fsp3) is 0.150. The molecule has 1 amide bonds. The van der Waals surface area contributed by atoms with Crippen LogP contribution in [-0.2, 0) is 11.4 Å². The van der Waals surface area contributed by atoms with Crippen LogP contribution in [0.5, 0.6) is 5.75 Å². The number of para-hydroxylation sites is 1. The monoisotopic (exact) mass is 449 g/mol. The number of hydrogen-bond acceptors (Lipinski definition) is 5. The highest BCUT2D eigenvalue weighted by atomic mass is 35.5. The number of amides is 1. The van der Waals surface area contributed by atoms with Gasteiger partial charge in [-0.25, -0.2) is 4.98 Å². The first-order valence-corrected chi connectivity index (χ1v) is 10.2. The number of rotatable bonds is 7. The van der Waals surface area contributed by atoms with E-state index in [0.29, 0.717) is 32.3 Å². The van der Waals surface area contributed by atoms with Gasteiger partial charge in [0.05, 0.1) is 21.7 Å². The minimum Gasteiger partial charge on any atom is -0.487 e. The number of H-pyrrole nitrogens is 1. The Morgan fingerprint density at radius 1 is 1.21 bits per heavy atom. The first kappa shape index (κ1) is 21.2. The van der Waals surface area contributed by atoms with Crippen LogP contribution in [0.4, 0.5) is 5.69 Å². The van der Waals surface area contributed by atoms with Crippen molar-refractivity contribution < 1.29 is 9.53 Å². The predicted molar refractivity (Wildman–Crippen MR) is 116 cm³/mol. The second-order valence-corrected chi connectivity index (χ2v) is 8.19. The van der Waals surface area contributed by atoms with E-state index in [-0.39, 0.29) is 18.1 Å². The largest absolute Gasteiger partial charge is 0.487 e. The lowest BCUT2D eigenvalue weighted by Gasteiger charge is -2.13. The van der Waals surface area contributed by atoms with Crippen LogP contribution in [0, 0.1) is 0 Å². The van der Waals surface area contributed by atoms with E-state index in [0.717, 1.165) is 11.8 Å². The SMILES string of the molecule is CC(Sc1nc(COc2ccccc2)cc(=O)[nH]1)C(=O)Nc1cc(Cl)ccc1Cl. The normalized spacial score (nSPS) is 11.7. The number of carbonyl (C=O) groups is 1. The van der Waals surface area contributed by atoms with Gasteiger partial charge in [-0.15, -0.1) is 0 Å². The third-order valence-corrected chi connectivity index (χ3v) is 5.30. The van der Waals surface area contributed by atoms with Crippen LogP contribution in [-0.4, -0.2) is 21.1 Å². The lowest BCUT2D eigenvalue weighted by Crippen LogP contribution is -2.23. The molecule has 0 radical (unpaired) electrons. The minimum absolute atomic E-state index is 0.139. The Labute approximate surface area is 181 Å². The second-order valence-electron chi connectivity index (χ2n) is 6.02. The maximum absolute atomic E-state index is 12.5. The fourth-order valence-electron chi connectivity index (χ4n) is 2.34. The number of thioether (sulfide) groups is 1. The van der Waals surface area contributed by atoms with Crippen molar-refractivity contribution in [3.05, 3.63) is 80.7 Å². The Kier molecular flexibility index (Phi) is 7.19. The highest BCUT2D eigenvalue weighted by molar-refractivity contribution is 8.00. The van der Waals surface area contributed by atoms with Gasteiger partial charge in [0.2, 0.25) is 5.91 Å². The molecule has 150 valence electrons. The van der Waals surface area contributed by atoms with E-state index in [1.807, 2.05) is 30.3 Å². The number of aromatic amines is 1. The molecule has 6 nitrogen and oxygen atoms in total. The van der Waals surface area contributed by atoms with Crippen molar-refractivity contribution in [1.29, 1.82) is 0 Å². The number of hydrogen-bond donors (Lipinski definition) is 2. The molecule has 1 aromatic heterocycles. The molecule has 0 fully saturated rings. The molecule has 9 heteroatoms. The predicted octanol–water partition coefficient (Wildman–Crippen LogP) is 4.78. The van der Waals surface area contributed by atoms with Crippen molar-refractivity contribution in [3.8, 4) is 5.75 Å². The van der Waals surface area contributed by atoms with Gasteiger partial charge in [0.1, 0.15) is 12.4 Å². The van der Waals surface area contributed by atoms with Gasteiger partial charge in [0, 0.05) is 11.1 Å². The number of benzene rings is 2. The van der Waals surface area contributed by atoms with Crippen LogP contribution in [0.25, 0.3) is 0 Å². The van der Waals surface area contributed by atoms with Gasteiger partial charge in [-0.2, -0.15) is 0 Å². The molecule has 0 aliphatic heterocycles. The summed E-state index contributed by atoms with van der Waals surface area (Å²) < 4.78 is 5.63. The molecule has 0 spiro atoms. The first-order valence-electron chi connectivity index (χ1n) is 8.61. The second kappa shape index (κ2) is 9.82. The van der Waals surface area contributed by atoms with Crippen molar-refractivity contribution in [1.82, 2.24) is 9.97 Å². The summed E-state index contributed by atoms with van der Waals surface area (Å²) in [6.45, 7) is 1.84. The zero-order valence-corrected chi connectivity index (χ0v) is 17.6.